The Kier molecular flexibility index (Phi) is 4.01. The van der Waals surface area contributed by atoms with E-state index in [9.17, 15) is 4.79 Å². The van der Waals surface area contributed by atoms with Crippen molar-refractivity contribution < 1.29 is 0 Å². The van der Waals surface area contributed by atoms with Gasteiger partial charge in [-0.25, -0.2) is 4.98 Å². The molecule has 5 nitrogen and oxygen atoms in total. The Morgan fingerprint density at radius 3 is 2.94 bits per heavy atom. The number of rotatable bonds is 6. The Labute approximate surface area is 108 Å². The lowest BCUT2D eigenvalue weighted by Crippen LogP contribution is -2.36. The molecule has 1 aromatic rings. The van der Waals surface area contributed by atoms with Crippen molar-refractivity contribution in [1.29, 1.82) is 0 Å². The number of H-pyrrole nitrogens is 1. The van der Waals surface area contributed by atoms with Crippen LogP contribution in [0.2, 0.25) is 0 Å². The van der Waals surface area contributed by atoms with E-state index in [1.54, 1.807) is 0 Å². The number of nitrogens with zero attached hydrogens (tertiary/aromatic N) is 2. The van der Waals surface area contributed by atoms with Gasteiger partial charge >= 0.3 is 0 Å². The molecule has 1 aliphatic rings. The van der Waals surface area contributed by atoms with Crippen LogP contribution in [0.5, 0.6) is 0 Å². The molecule has 2 rings (SSSR count). The smallest absolute Gasteiger partial charge is 0.252 e. The van der Waals surface area contributed by atoms with Crippen LogP contribution < -0.4 is 10.9 Å². The fraction of sp³-hybridized carbons (Fsp3) is 0.692. The molecule has 100 valence electrons. The largest absolute Gasteiger partial charge is 0.368 e. The first-order chi connectivity index (χ1) is 8.60. The Morgan fingerprint density at radius 2 is 2.33 bits per heavy atom. The number of anilines is 1. The van der Waals surface area contributed by atoms with Crippen LogP contribution in [0.1, 0.15) is 32.5 Å². The third kappa shape index (κ3) is 3.32. The Balaban J connectivity index is 1.92. The average molecular weight is 250 g/mol. The maximum atomic E-state index is 11.4. The molecular formula is C13H22N4O. The summed E-state index contributed by atoms with van der Waals surface area (Å²) in [5, 5.41) is 3.25. The van der Waals surface area contributed by atoms with E-state index in [1.807, 2.05) is 6.92 Å². The van der Waals surface area contributed by atoms with Crippen LogP contribution in [0.25, 0.3) is 0 Å². The van der Waals surface area contributed by atoms with E-state index in [-0.39, 0.29) is 5.56 Å². The molecule has 0 aliphatic heterocycles. The van der Waals surface area contributed by atoms with E-state index < -0.39 is 0 Å². The molecule has 0 amide bonds. The Hall–Kier alpha value is -1.36. The number of aromatic nitrogens is 2. The lowest BCUT2D eigenvalue weighted by atomic mass is 10.3. The molecule has 1 saturated carbocycles. The van der Waals surface area contributed by atoms with Crippen LogP contribution in [0.3, 0.4) is 0 Å². The van der Waals surface area contributed by atoms with Crippen molar-refractivity contribution in [3.63, 3.8) is 0 Å². The summed E-state index contributed by atoms with van der Waals surface area (Å²) in [5.41, 5.74) is -0.0902. The second-order valence-electron chi connectivity index (χ2n) is 5.06. The summed E-state index contributed by atoms with van der Waals surface area (Å²) in [6.45, 7) is 4.98. The highest BCUT2D eigenvalue weighted by atomic mass is 16.1. The molecule has 1 aromatic heterocycles. The molecule has 0 radical (unpaired) electrons. The summed E-state index contributed by atoms with van der Waals surface area (Å²) in [6.07, 6.45) is 3.36. The third-order valence-electron chi connectivity index (χ3n) is 3.52. The highest BCUT2D eigenvalue weighted by Gasteiger charge is 2.28. The molecule has 0 spiro atoms. The van der Waals surface area contributed by atoms with Crippen molar-refractivity contribution in [3.8, 4) is 0 Å². The van der Waals surface area contributed by atoms with Gasteiger partial charge in [0.25, 0.3) is 5.56 Å². The monoisotopic (exact) mass is 250 g/mol. The summed E-state index contributed by atoms with van der Waals surface area (Å²) in [6, 6.07) is 2.71. The van der Waals surface area contributed by atoms with Gasteiger partial charge in [-0.2, -0.15) is 0 Å². The lowest BCUT2D eigenvalue weighted by Gasteiger charge is -2.24. The van der Waals surface area contributed by atoms with Crippen molar-refractivity contribution >= 4 is 5.82 Å². The van der Waals surface area contributed by atoms with Gasteiger partial charge < -0.3 is 10.3 Å². The Morgan fingerprint density at radius 1 is 1.61 bits per heavy atom. The third-order valence-corrected chi connectivity index (χ3v) is 3.52. The molecule has 2 N–H and O–H groups in total. The van der Waals surface area contributed by atoms with Gasteiger partial charge in [-0.3, -0.25) is 9.69 Å². The van der Waals surface area contributed by atoms with E-state index >= 15 is 0 Å². The summed E-state index contributed by atoms with van der Waals surface area (Å²) >= 11 is 0. The van der Waals surface area contributed by atoms with Gasteiger partial charge in [-0.15, -0.1) is 0 Å². The number of likely N-dealkylation sites (N-methyl/N-ethyl adjacent to an activating group) is 1. The molecule has 5 heteroatoms. The standard InChI is InChI=1S/C13H22N4O/c1-4-11-15-12(7-13(18)16-11)14-8-9(2)17(3)10-5-6-10/h7,9-10H,4-6,8H2,1-3H3,(H2,14,15,16,18). The lowest BCUT2D eigenvalue weighted by molar-refractivity contribution is 0.257. The SMILES string of the molecule is CCc1nc(NCC(C)N(C)C2CC2)cc(=O)[nH]1. The Bertz CT molecular complexity index is 453. The quantitative estimate of drug-likeness (QED) is 0.797. The fourth-order valence-electron chi connectivity index (χ4n) is 2.00. The van der Waals surface area contributed by atoms with Crippen molar-refractivity contribution in [2.45, 2.75) is 45.2 Å². The zero-order valence-corrected chi connectivity index (χ0v) is 11.4. The van der Waals surface area contributed by atoms with Gasteiger partial charge in [0.15, 0.2) is 0 Å². The normalized spacial score (nSPS) is 16.9. The van der Waals surface area contributed by atoms with Crippen molar-refractivity contribution in [1.82, 2.24) is 14.9 Å². The molecule has 1 fully saturated rings. The van der Waals surface area contributed by atoms with Gasteiger partial charge in [0, 0.05) is 31.1 Å². The molecule has 1 aliphatic carbocycles. The minimum Gasteiger partial charge on any atom is -0.368 e. The number of aryl methyl sites for hydroxylation is 1. The summed E-state index contributed by atoms with van der Waals surface area (Å²) in [5.74, 6) is 1.40. The minimum atomic E-state index is -0.0902. The van der Waals surface area contributed by atoms with E-state index in [0.717, 1.165) is 24.8 Å². The molecule has 18 heavy (non-hydrogen) atoms. The van der Waals surface area contributed by atoms with Crippen molar-refractivity contribution in [2.24, 2.45) is 0 Å². The minimum absolute atomic E-state index is 0.0902. The van der Waals surface area contributed by atoms with Crippen molar-refractivity contribution in [2.75, 3.05) is 18.9 Å². The van der Waals surface area contributed by atoms with Crippen LogP contribution in [-0.4, -0.2) is 40.5 Å². The molecular weight excluding hydrogens is 228 g/mol. The summed E-state index contributed by atoms with van der Waals surface area (Å²) < 4.78 is 0. The second kappa shape index (κ2) is 5.52. The van der Waals surface area contributed by atoms with Crippen molar-refractivity contribution in [3.05, 3.63) is 22.2 Å². The van der Waals surface area contributed by atoms with Crippen LogP contribution >= 0.6 is 0 Å². The first-order valence-electron chi connectivity index (χ1n) is 6.66. The number of hydrogen-bond acceptors (Lipinski definition) is 4. The zero-order chi connectivity index (χ0) is 13.1. The molecule has 0 aromatic carbocycles. The van der Waals surface area contributed by atoms with Crippen LogP contribution in [0.15, 0.2) is 10.9 Å². The van der Waals surface area contributed by atoms with Crippen LogP contribution in [-0.2, 0) is 6.42 Å². The topological polar surface area (TPSA) is 61.0 Å². The van der Waals surface area contributed by atoms with E-state index in [2.05, 4.69) is 34.2 Å². The first-order valence-corrected chi connectivity index (χ1v) is 6.66. The fourth-order valence-corrected chi connectivity index (χ4v) is 2.00. The van der Waals surface area contributed by atoms with Crippen LogP contribution in [0, 0.1) is 0 Å². The molecule has 1 atom stereocenters. The van der Waals surface area contributed by atoms with E-state index in [4.69, 9.17) is 0 Å². The predicted molar refractivity (Wildman–Crippen MR) is 73.0 cm³/mol. The maximum absolute atomic E-state index is 11.4. The number of aromatic amines is 1. The molecule has 0 saturated heterocycles. The zero-order valence-electron chi connectivity index (χ0n) is 11.4. The maximum Gasteiger partial charge on any atom is 0.252 e. The molecule has 0 bridgehead atoms. The highest BCUT2D eigenvalue weighted by Crippen LogP contribution is 2.26. The van der Waals surface area contributed by atoms with Gasteiger partial charge in [0.1, 0.15) is 11.6 Å². The van der Waals surface area contributed by atoms with E-state index in [0.29, 0.717) is 11.9 Å². The average Bonchev–Trinajstić information content (AvgIpc) is 3.18. The van der Waals surface area contributed by atoms with Crippen LogP contribution in [0.4, 0.5) is 5.82 Å². The summed E-state index contributed by atoms with van der Waals surface area (Å²) in [4.78, 5) is 20.9. The van der Waals surface area contributed by atoms with E-state index in [1.165, 1.54) is 18.9 Å². The second-order valence-corrected chi connectivity index (χ2v) is 5.06. The van der Waals surface area contributed by atoms with Gasteiger partial charge in [0.2, 0.25) is 0 Å². The first kappa shape index (κ1) is 13.1. The number of nitrogens with one attached hydrogen (secondary N) is 2. The highest BCUT2D eigenvalue weighted by molar-refractivity contribution is 5.33. The van der Waals surface area contributed by atoms with Gasteiger partial charge in [-0.05, 0) is 26.8 Å². The number of hydrogen-bond donors (Lipinski definition) is 2. The molecule has 1 unspecified atom stereocenters. The molecule has 1 heterocycles. The van der Waals surface area contributed by atoms with Gasteiger partial charge in [-0.1, -0.05) is 6.92 Å². The summed E-state index contributed by atoms with van der Waals surface area (Å²) in [7, 11) is 2.16. The van der Waals surface area contributed by atoms with Gasteiger partial charge in [0.05, 0.1) is 0 Å². The predicted octanol–water partition coefficient (Wildman–Crippen LogP) is 1.23.